The maximum atomic E-state index is 11.1. The van der Waals surface area contributed by atoms with Gasteiger partial charge in [0, 0.05) is 0 Å². The maximum absolute atomic E-state index is 11.1. The van der Waals surface area contributed by atoms with Crippen LogP contribution in [0.2, 0.25) is 0 Å². The van der Waals surface area contributed by atoms with Crippen molar-refractivity contribution >= 4 is 17.8 Å². The molecule has 3 nitrogen and oxygen atoms in total. The smallest absolute Gasteiger partial charge is 0.426 e. The minimum absolute atomic E-state index is 0.339. The van der Waals surface area contributed by atoms with Gasteiger partial charge >= 0.3 is 6.16 Å². The average molecular weight is 229 g/mol. The Bertz CT molecular complexity index is 311. The molecule has 0 saturated heterocycles. The number of benzene rings is 1. The number of carbonyl (C=O) groups excluding carboxylic acids is 1. The SMILES string of the molecule is CC(Cl)OC(=O)OC(C)c1ccccc1. The van der Waals surface area contributed by atoms with Gasteiger partial charge in [0.2, 0.25) is 0 Å². The molecule has 0 radical (unpaired) electrons. The molecule has 0 N–H and O–H groups in total. The number of alkyl halides is 1. The van der Waals surface area contributed by atoms with E-state index in [9.17, 15) is 4.79 Å². The van der Waals surface area contributed by atoms with E-state index in [1.807, 2.05) is 30.3 Å². The van der Waals surface area contributed by atoms with E-state index in [-0.39, 0.29) is 6.10 Å². The van der Waals surface area contributed by atoms with E-state index in [0.29, 0.717) is 0 Å². The van der Waals surface area contributed by atoms with Crippen LogP contribution in [0.3, 0.4) is 0 Å². The summed E-state index contributed by atoms with van der Waals surface area (Å²) in [4.78, 5) is 11.1. The van der Waals surface area contributed by atoms with Gasteiger partial charge in [-0.15, -0.1) is 0 Å². The standard InChI is InChI=1S/C11H13ClO3/c1-8(10-6-4-3-5-7-10)14-11(13)15-9(2)12/h3-9H,1-2H3. The Labute approximate surface area is 93.9 Å². The molecule has 2 atom stereocenters. The van der Waals surface area contributed by atoms with E-state index in [4.69, 9.17) is 16.3 Å². The van der Waals surface area contributed by atoms with Gasteiger partial charge in [-0.1, -0.05) is 41.9 Å². The van der Waals surface area contributed by atoms with Gasteiger partial charge in [0.1, 0.15) is 6.10 Å². The Morgan fingerprint density at radius 2 is 1.80 bits per heavy atom. The van der Waals surface area contributed by atoms with Crippen LogP contribution >= 0.6 is 11.6 Å². The number of rotatable bonds is 3. The Morgan fingerprint density at radius 3 is 2.33 bits per heavy atom. The fourth-order valence-electron chi connectivity index (χ4n) is 1.10. The van der Waals surface area contributed by atoms with Gasteiger partial charge in [-0.05, 0) is 19.4 Å². The predicted molar refractivity (Wildman–Crippen MR) is 57.7 cm³/mol. The molecule has 0 heterocycles. The second kappa shape index (κ2) is 5.61. The first-order valence-electron chi connectivity index (χ1n) is 4.66. The lowest BCUT2D eigenvalue weighted by atomic mass is 10.1. The average Bonchev–Trinajstić information content (AvgIpc) is 2.17. The van der Waals surface area contributed by atoms with E-state index in [1.165, 1.54) is 0 Å². The number of carbonyl (C=O) groups is 1. The van der Waals surface area contributed by atoms with Crippen LogP contribution < -0.4 is 0 Å². The highest BCUT2D eigenvalue weighted by molar-refractivity contribution is 6.19. The zero-order valence-electron chi connectivity index (χ0n) is 8.64. The van der Waals surface area contributed by atoms with Crippen molar-refractivity contribution in [3.8, 4) is 0 Å². The monoisotopic (exact) mass is 228 g/mol. The van der Waals surface area contributed by atoms with Crippen molar-refractivity contribution < 1.29 is 14.3 Å². The lowest BCUT2D eigenvalue weighted by Crippen LogP contribution is -2.13. The molecule has 0 saturated carbocycles. The van der Waals surface area contributed by atoms with Crippen LogP contribution in [0, 0.1) is 0 Å². The van der Waals surface area contributed by atoms with Gasteiger partial charge in [0.05, 0.1) is 0 Å². The van der Waals surface area contributed by atoms with Crippen LogP contribution in [0.5, 0.6) is 0 Å². The Hall–Kier alpha value is -1.22. The van der Waals surface area contributed by atoms with Crippen molar-refractivity contribution in [2.45, 2.75) is 25.5 Å². The van der Waals surface area contributed by atoms with E-state index >= 15 is 0 Å². The third-order valence-corrected chi connectivity index (χ3v) is 1.89. The molecule has 1 aromatic rings. The molecule has 4 heteroatoms. The second-order valence-corrected chi connectivity index (χ2v) is 3.70. The molecule has 0 fully saturated rings. The van der Waals surface area contributed by atoms with Gasteiger partial charge in [-0.2, -0.15) is 0 Å². The summed E-state index contributed by atoms with van der Waals surface area (Å²) < 4.78 is 9.65. The van der Waals surface area contributed by atoms with Crippen LogP contribution in [0.4, 0.5) is 4.79 Å². The largest absolute Gasteiger partial charge is 0.510 e. The second-order valence-electron chi connectivity index (χ2n) is 3.08. The van der Waals surface area contributed by atoms with Crippen molar-refractivity contribution in [2.75, 3.05) is 0 Å². The summed E-state index contributed by atoms with van der Waals surface area (Å²) in [5.74, 6) is 0. The van der Waals surface area contributed by atoms with Gasteiger partial charge in [-0.3, -0.25) is 0 Å². The number of hydrogen-bond acceptors (Lipinski definition) is 3. The lowest BCUT2D eigenvalue weighted by Gasteiger charge is -2.13. The van der Waals surface area contributed by atoms with E-state index in [1.54, 1.807) is 13.8 Å². The molecule has 0 bridgehead atoms. The summed E-state index contributed by atoms with van der Waals surface area (Å²) in [5, 5.41) is 0. The number of halogens is 1. The van der Waals surface area contributed by atoms with Gasteiger partial charge in [0.25, 0.3) is 0 Å². The Morgan fingerprint density at radius 1 is 1.20 bits per heavy atom. The molecule has 0 spiro atoms. The first-order chi connectivity index (χ1) is 7.09. The molecule has 0 aliphatic carbocycles. The fraction of sp³-hybridized carbons (Fsp3) is 0.364. The molecule has 0 amide bonds. The molecule has 1 rings (SSSR count). The highest BCUT2D eigenvalue weighted by Gasteiger charge is 2.13. The van der Waals surface area contributed by atoms with Crippen LogP contribution in [0.25, 0.3) is 0 Å². The van der Waals surface area contributed by atoms with Crippen LogP contribution in [-0.4, -0.2) is 11.7 Å². The Kier molecular flexibility index (Phi) is 4.43. The summed E-state index contributed by atoms with van der Waals surface area (Å²) >= 11 is 5.48. The maximum Gasteiger partial charge on any atom is 0.510 e. The molecular formula is C11H13ClO3. The first-order valence-corrected chi connectivity index (χ1v) is 5.09. The van der Waals surface area contributed by atoms with Crippen molar-refractivity contribution in [1.82, 2.24) is 0 Å². The van der Waals surface area contributed by atoms with Gasteiger partial charge in [-0.25, -0.2) is 4.79 Å². The molecule has 0 aromatic heterocycles. The zero-order chi connectivity index (χ0) is 11.3. The summed E-state index contributed by atoms with van der Waals surface area (Å²) in [6.45, 7) is 3.32. The summed E-state index contributed by atoms with van der Waals surface area (Å²) in [7, 11) is 0. The molecule has 82 valence electrons. The number of hydrogen-bond donors (Lipinski definition) is 0. The normalized spacial score (nSPS) is 14.1. The third-order valence-electron chi connectivity index (χ3n) is 1.80. The first kappa shape index (κ1) is 11.9. The molecular weight excluding hydrogens is 216 g/mol. The minimum atomic E-state index is -0.756. The number of ether oxygens (including phenoxy) is 2. The highest BCUT2D eigenvalue weighted by atomic mass is 35.5. The van der Waals surface area contributed by atoms with Crippen molar-refractivity contribution in [3.05, 3.63) is 35.9 Å². The van der Waals surface area contributed by atoms with E-state index in [2.05, 4.69) is 4.74 Å². The lowest BCUT2D eigenvalue weighted by molar-refractivity contribution is 0.0239. The summed E-state index contributed by atoms with van der Waals surface area (Å²) in [6, 6.07) is 9.41. The van der Waals surface area contributed by atoms with Gasteiger partial charge < -0.3 is 9.47 Å². The van der Waals surface area contributed by atoms with Crippen LogP contribution in [0.15, 0.2) is 30.3 Å². The Balaban J connectivity index is 2.49. The summed E-state index contributed by atoms with van der Waals surface area (Å²) in [5.41, 5.74) is 0.233. The fourth-order valence-corrected chi connectivity index (χ4v) is 1.17. The van der Waals surface area contributed by atoms with Gasteiger partial charge in [0.15, 0.2) is 5.56 Å². The third kappa shape index (κ3) is 4.21. The molecule has 0 aliphatic heterocycles. The molecule has 2 unspecified atom stereocenters. The van der Waals surface area contributed by atoms with E-state index < -0.39 is 11.7 Å². The molecule has 1 aromatic carbocycles. The topological polar surface area (TPSA) is 35.5 Å². The summed E-state index contributed by atoms with van der Waals surface area (Å²) in [6.07, 6.45) is -1.09. The minimum Gasteiger partial charge on any atom is -0.426 e. The van der Waals surface area contributed by atoms with Crippen LogP contribution in [-0.2, 0) is 9.47 Å². The molecule has 15 heavy (non-hydrogen) atoms. The van der Waals surface area contributed by atoms with E-state index in [0.717, 1.165) is 5.56 Å². The molecule has 0 aliphatic rings. The zero-order valence-corrected chi connectivity index (χ0v) is 9.40. The highest BCUT2D eigenvalue weighted by Crippen LogP contribution is 2.17. The van der Waals surface area contributed by atoms with Crippen molar-refractivity contribution in [1.29, 1.82) is 0 Å². The van der Waals surface area contributed by atoms with Crippen molar-refractivity contribution in [3.63, 3.8) is 0 Å². The van der Waals surface area contributed by atoms with Crippen LogP contribution in [0.1, 0.15) is 25.5 Å². The quantitative estimate of drug-likeness (QED) is 0.587. The predicted octanol–water partition coefficient (Wildman–Crippen LogP) is 3.49. The van der Waals surface area contributed by atoms with Crippen molar-refractivity contribution in [2.24, 2.45) is 0 Å².